The minimum Gasteiger partial charge on any atom is -0.393 e. The van der Waals surface area contributed by atoms with E-state index in [-0.39, 0.29) is 11.8 Å². The number of hydrogen-bond acceptors (Lipinski definition) is 2. The predicted octanol–water partition coefficient (Wildman–Crippen LogP) is 2.19. The molecule has 3 unspecified atom stereocenters. The molecule has 0 bridgehead atoms. The zero-order valence-corrected chi connectivity index (χ0v) is 11.9. The molecule has 3 nitrogen and oxygen atoms in total. The van der Waals surface area contributed by atoms with Gasteiger partial charge in [0.1, 0.15) is 0 Å². The Hall–Kier alpha value is -0.640. The fraction of sp³-hybridized carbons (Fsp3) is 0.846. The third-order valence-electron chi connectivity index (χ3n) is 3.85. The van der Waals surface area contributed by atoms with E-state index in [9.17, 15) is 4.79 Å². The van der Waals surface area contributed by atoms with Crippen LogP contribution in [0.2, 0.25) is 0 Å². The Kier molecular flexibility index (Phi) is 5.37. The first kappa shape index (κ1) is 14.4. The Morgan fingerprint density at radius 2 is 2.18 bits per heavy atom. The van der Waals surface area contributed by atoms with E-state index in [1.54, 1.807) is 0 Å². The molecule has 1 fully saturated rings. The average Bonchev–Trinajstić information content (AvgIpc) is 2.70. The molecule has 1 saturated carbocycles. The van der Waals surface area contributed by atoms with Crippen molar-refractivity contribution in [1.82, 2.24) is 4.90 Å². The van der Waals surface area contributed by atoms with Crippen LogP contribution in [0.1, 0.15) is 40.0 Å². The fourth-order valence-corrected chi connectivity index (χ4v) is 2.62. The normalized spacial score (nSPS) is 25.6. The molecule has 0 spiro atoms. The highest BCUT2D eigenvalue weighted by Gasteiger charge is 2.32. The van der Waals surface area contributed by atoms with Crippen LogP contribution < -0.4 is 5.73 Å². The first-order valence-electron chi connectivity index (χ1n) is 6.55. The van der Waals surface area contributed by atoms with Gasteiger partial charge < -0.3 is 10.6 Å². The number of thiocarbonyl (C=S) groups is 1. The van der Waals surface area contributed by atoms with Crippen molar-refractivity contribution >= 4 is 23.1 Å². The minimum atomic E-state index is 0.102. The third kappa shape index (κ3) is 3.66. The van der Waals surface area contributed by atoms with E-state index in [2.05, 4.69) is 6.92 Å². The quantitative estimate of drug-likeness (QED) is 0.767. The van der Waals surface area contributed by atoms with Crippen LogP contribution in [0.4, 0.5) is 0 Å². The largest absolute Gasteiger partial charge is 0.393 e. The SMILES string of the molecule is CCN(CC(C)C(N)=S)C(=O)C1CCCC1C. The lowest BCUT2D eigenvalue weighted by Gasteiger charge is -2.28. The Morgan fingerprint density at radius 1 is 1.53 bits per heavy atom. The number of carbonyl (C=O) groups excluding carboxylic acids is 1. The molecule has 3 atom stereocenters. The summed E-state index contributed by atoms with van der Waals surface area (Å²) in [7, 11) is 0. The summed E-state index contributed by atoms with van der Waals surface area (Å²) >= 11 is 4.97. The van der Waals surface area contributed by atoms with Gasteiger partial charge in [-0.2, -0.15) is 0 Å². The zero-order valence-electron chi connectivity index (χ0n) is 11.1. The molecule has 2 N–H and O–H groups in total. The van der Waals surface area contributed by atoms with E-state index in [4.69, 9.17) is 18.0 Å². The second-order valence-electron chi connectivity index (χ2n) is 5.19. The number of hydrogen-bond donors (Lipinski definition) is 1. The maximum Gasteiger partial charge on any atom is 0.225 e. The molecule has 1 rings (SSSR count). The van der Waals surface area contributed by atoms with Gasteiger partial charge in [-0.1, -0.05) is 32.5 Å². The number of rotatable bonds is 5. The highest BCUT2D eigenvalue weighted by molar-refractivity contribution is 7.80. The molecule has 0 aromatic heterocycles. The maximum atomic E-state index is 12.4. The third-order valence-corrected chi connectivity index (χ3v) is 4.25. The van der Waals surface area contributed by atoms with E-state index in [0.29, 0.717) is 23.4 Å². The molecule has 0 radical (unpaired) electrons. The maximum absolute atomic E-state index is 12.4. The highest BCUT2D eigenvalue weighted by Crippen LogP contribution is 2.32. The molecule has 98 valence electrons. The molecule has 0 aromatic carbocycles. The van der Waals surface area contributed by atoms with Gasteiger partial charge in [0.05, 0.1) is 4.99 Å². The second-order valence-corrected chi connectivity index (χ2v) is 5.67. The average molecular weight is 256 g/mol. The Morgan fingerprint density at radius 3 is 2.59 bits per heavy atom. The summed E-state index contributed by atoms with van der Waals surface area (Å²) in [5.74, 6) is 1.14. The monoisotopic (exact) mass is 256 g/mol. The van der Waals surface area contributed by atoms with Gasteiger partial charge in [-0.25, -0.2) is 0 Å². The topological polar surface area (TPSA) is 46.3 Å². The summed E-state index contributed by atoms with van der Waals surface area (Å²) < 4.78 is 0. The van der Waals surface area contributed by atoms with Crippen molar-refractivity contribution in [3.05, 3.63) is 0 Å². The summed E-state index contributed by atoms with van der Waals surface area (Å²) in [5, 5.41) is 0. The summed E-state index contributed by atoms with van der Waals surface area (Å²) in [6, 6.07) is 0. The number of nitrogens with zero attached hydrogens (tertiary/aromatic N) is 1. The lowest BCUT2D eigenvalue weighted by molar-refractivity contribution is -0.136. The summed E-state index contributed by atoms with van der Waals surface area (Å²) in [5.41, 5.74) is 5.61. The van der Waals surface area contributed by atoms with Crippen molar-refractivity contribution in [1.29, 1.82) is 0 Å². The van der Waals surface area contributed by atoms with Gasteiger partial charge >= 0.3 is 0 Å². The van der Waals surface area contributed by atoms with Crippen molar-refractivity contribution in [2.24, 2.45) is 23.5 Å². The van der Waals surface area contributed by atoms with Gasteiger partial charge in [-0.15, -0.1) is 0 Å². The van der Waals surface area contributed by atoms with E-state index in [0.717, 1.165) is 13.0 Å². The van der Waals surface area contributed by atoms with E-state index >= 15 is 0 Å². The lowest BCUT2D eigenvalue weighted by Crippen LogP contribution is -2.41. The van der Waals surface area contributed by atoms with Crippen LogP contribution in [0.15, 0.2) is 0 Å². The number of nitrogens with two attached hydrogens (primary N) is 1. The van der Waals surface area contributed by atoms with Crippen LogP contribution in [0.3, 0.4) is 0 Å². The zero-order chi connectivity index (χ0) is 13.0. The van der Waals surface area contributed by atoms with Crippen molar-refractivity contribution in [2.75, 3.05) is 13.1 Å². The van der Waals surface area contributed by atoms with Crippen LogP contribution in [-0.4, -0.2) is 28.9 Å². The smallest absolute Gasteiger partial charge is 0.225 e. The Balaban J connectivity index is 2.60. The van der Waals surface area contributed by atoms with Crippen LogP contribution in [0, 0.1) is 17.8 Å². The Bertz CT molecular complexity index is 293. The molecule has 1 aliphatic carbocycles. The second kappa shape index (κ2) is 6.34. The molecular weight excluding hydrogens is 232 g/mol. The molecule has 17 heavy (non-hydrogen) atoms. The van der Waals surface area contributed by atoms with Crippen LogP contribution in [0.5, 0.6) is 0 Å². The summed E-state index contributed by atoms with van der Waals surface area (Å²) in [4.78, 5) is 14.8. The molecule has 1 aliphatic rings. The van der Waals surface area contributed by atoms with Crippen molar-refractivity contribution < 1.29 is 4.79 Å². The highest BCUT2D eigenvalue weighted by atomic mass is 32.1. The minimum absolute atomic E-state index is 0.102. The Labute approximate surface area is 110 Å². The molecule has 0 aliphatic heterocycles. The van der Waals surface area contributed by atoms with E-state index in [1.165, 1.54) is 12.8 Å². The standard InChI is InChI=1S/C13H24N2OS/c1-4-15(8-10(3)12(14)17)13(16)11-7-5-6-9(11)2/h9-11H,4-8H2,1-3H3,(H2,14,17). The van der Waals surface area contributed by atoms with Gasteiger partial charge in [0, 0.05) is 24.9 Å². The first-order valence-corrected chi connectivity index (χ1v) is 6.96. The number of amides is 1. The van der Waals surface area contributed by atoms with Crippen molar-refractivity contribution in [3.63, 3.8) is 0 Å². The molecule has 1 amide bonds. The number of carbonyl (C=O) groups is 1. The van der Waals surface area contributed by atoms with Gasteiger partial charge in [-0.05, 0) is 25.7 Å². The predicted molar refractivity (Wildman–Crippen MR) is 74.7 cm³/mol. The van der Waals surface area contributed by atoms with E-state index in [1.807, 2.05) is 18.7 Å². The lowest BCUT2D eigenvalue weighted by atomic mass is 9.96. The van der Waals surface area contributed by atoms with Crippen molar-refractivity contribution in [3.8, 4) is 0 Å². The molecule has 0 aromatic rings. The molecule has 0 saturated heterocycles. The van der Waals surface area contributed by atoms with Gasteiger partial charge in [0.15, 0.2) is 0 Å². The first-order chi connectivity index (χ1) is 7.97. The van der Waals surface area contributed by atoms with Crippen LogP contribution in [0.25, 0.3) is 0 Å². The van der Waals surface area contributed by atoms with Crippen LogP contribution in [-0.2, 0) is 4.79 Å². The molecule has 0 heterocycles. The molecule has 4 heteroatoms. The van der Waals surface area contributed by atoms with Gasteiger partial charge in [-0.3, -0.25) is 4.79 Å². The van der Waals surface area contributed by atoms with Gasteiger partial charge in [0.2, 0.25) is 5.91 Å². The van der Waals surface area contributed by atoms with Crippen molar-refractivity contribution in [2.45, 2.75) is 40.0 Å². The van der Waals surface area contributed by atoms with E-state index < -0.39 is 0 Å². The van der Waals surface area contributed by atoms with Crippen LogP contribution >= 0.6 is 12.2 Å². The fourth-order valence-electron chi connectivity index (χ4n) is 2.54. The summed E-state index contributed by atoms with van der Waals surface area (Å²) in [6.45, 7) is 7.59. The van der Waals surface area contributed by atoms with Gasteiger partial charge in [0.25, 0.3) is 0 Å². The molecular formula is C13H24N2OS. The summed E-state index contributed by atoms with van der Waals surface area (Å²) in [6.07, 6.45) is 3.40.